The first-order valence-electron chi connectivity index (χ1n) is 9.67. The lowest BCUT2D eigenvalue weighted by Crippen LogP contribution is -2.38. The maximum atomic E-state index is 12.7. The van der Waals surface area contributed by atoms with Crippen molar-refractivity contribution in [2.75, 3.05) is 4.72 Å². The number of hydrogen-bond acceptors (Lipinski definition) is 5. The SMILES string of the molecule is CC(C)(C)C(=O)NC(Cc1ccc(NS(=O)(=O)O)cc1)c1nc(-c2ccccc2)cs1. The van der Waals surface area contributed by atoms with Crippen molar-refractivity contribution < 1.29 is 17.8 Å². The third-order valence-electron chi connectivity index (χ3n) is 4.52. The number of hydrogen-bond donors (Lipinski definition) is 3. The Labute approximate surface area is 186 Å². The number of anilines is 1. The van der Waals surface area contributed by atoms with Crippen LogP contribution in [0.4, 0.5) is 5.69 Å². The Hall–Kier alpha value is -2.75. The van der Waals surface area contributed by atoms with E-state index in [1.54, 1.807) is 24.3 Å². The molecular weight excluding hydrogens is 434 g/mol. The molecule has 3 N–H and O–H groups in total. The molecule has 1 aromatic heterocycles. The molecule has 0 aliphatic carbocycles. The Bertz CT molecular complexity index is 1140. The van der Waals surface area contributed by atoms with Gasteiger partial charge in [0.1, 0.15) is 5.01 Å². The molecule has 9 heteroatoms. The van der Waals surface area contributed by atoms with Gasteiger partial charge in [0.15, 0.2) is 0 Å². The highest BCUT2D eigenvalue weighted by Crippen LogP contribution is 2.29. The molecule has 1 heterocycles. The predicted molar refractivity (Wildman–Crippen MR) is 123 cm³/mol. The van der Waals surface area contributed by atoms with E-state index in [2.05, 4.69) is 5.32 Å². The lowest BCUT2D eigenvalue weighted by molar-refractivity contribution is -0.129. The van der Waals surface area contributed by atoms with Crippen LogP contribution in [0.15, 0.2) is 60.0 Å². The van der Waals surface area contributed by atoms with Crippen LogP contribution in [-0.4, -0.2) is 23.9 Å². The summed E-state index contributed by atoms with van der Waals surface area (Å²) in [6.07, 6.45) is 0.482. The Morgan fingerprint density at radius 3 is 2.32 bits per heavy atom. The van der Waals surface area contributed by atoms with E-state index in [4.69, 9.17) is 9.54 Å². The Balaban J connectivity index is 1.85. The highest BCUT2D eigenvalue weighted by atomic mass is 32.2. The molecule has 0 radical (unpaired) electrons. The minimum Gasteiger partial charge on any atom is -0.346 e. The van der Waals surface area contributed by atoms with Crippen molar-refractivity contribution in [1.82, 2.24) is 10.3 Å². The molecule has 0 bridgehead atoms. The van der Waals surface area contributed by atoms with Crippen molar-refractivity contribution in [2.45, 2.75) is 33.2 Å². The fourth-order valence-corrected chi connectivity index (χ4v) is 4.17. The quantitative estimate of drug-likeness (QED) is 0.452. The molecule has 0 fully saturated rings. The topological polar surface area (TPSA) is 108 Å². The average molecular weight is 460 g/mol. The highest BCUT2D eigenvalue weighted by molar-refractivity contribution is 7.87. The van der Waals surface area contributed by atoms with Crippen molar-refractivity contribution in [3.63, 3.8) is 0 Å². The van der Waals surface area contributed by atoms with Crippen LogP contribution < -0.4 is 10.0 Å². The second kappa shape index (κ2) is 9.17. The minimum absolute atomic E-state index is 0.0846. The van der Waals surface area contributed by atoms with E-state index in [-0.39, 0.29) is 17.6 Å². The van der Waals surface area contributed by atoms with E-state index >= 15 is 0 Å². The van der Waals surface area contributed by atoms with Crippen LogP contribution in [0.25, 0.3) is 11.3 Å². The first-order valence-corrected chi connectivity index (χ1v) is 12.0. The number of aromatic nitrogens is 1. The fraction of sp³-hybridized carbons (Fsp3) is 0.273. The zero-order chi connectivity index (χ0) is 22.6. The van der Waals surface area contributed by atoms with Crippen LogP contribution >= 0.6 is 11.3 Å². The Morgan fingerprint density at radius 2 is 1.74 bits per heavy atom. The lowest BCUT2D eigenvalue weighted by Gasteiger charge is -2.23. The highest BCUT2D eigenvalue weighted by Gasteiger charge is 2.26. The van der Waals surface area contributed by atoms with Crippen molar-refractivity contribution in [3.05, 3.63) is 70.5 Å². The normalized spacial score (nSPS) is 12.9. The molecule has 7 nitrogen and oxygen atoms in total. The van der Waals surface area contributed by atoms with Gasteiger partial charge in [-0.1, -0.05) is 63.2 Å². The van der Waals surface area contributed by atoms with E-state index in [0.29, 0.717) is 6.42 Å². The smallest absolute Gasteiger partial charge is 0.346 e. The second-order valence-electron chi connectivity index (χ2n) is 8.19. The van der Waals surface area contributed by atoms with E-state index in [9.17, 15) is 13.2 Å². The molecule has 3 aromatic rings. The summed E-state index contributed by atoms with van der Waals surface area (Å²) in [6.45, 7) is 5.56. The molecule has 0 saturated heterocycles. The molecule has 1 unspecified atom stereocenters. The molecular formula is C22H25N3O4S2. The van der Waals surface area contributed by atoms with Crippen LogP contribution in [0.1, 0.15) is 37.4 Å². The third kappa shape index (κ3) is 6.61. The molecule has 31 heavy (non-hydrogen) atoms. The number of nitrogens with zero attached hydrogens (tertiary/aromatic N) is 1. The predicted octanol–water partition coefficient (Wildman–Crippen LogP) is 4.47. The summed E-state index contributed by atoms with van der Waals surface area (Å²) in [5, 5.41) is 5.86. The van der Waals surface area contributed by atoms with Gasteiger partial charge in [-0.3, -0.25) is 14.1 Å². The zero-order valence-electron chi connectivity index (χ0n) is 17.5. The number of thiazole rings is 1. The maximum Gasteiger partial charge on any atom is 0.357 e. The van der Waals surface area contributed by atoms with Gasteiger partial charge in [-0.15, -0.1) is 11.3 Å². The van der Waals surface area contributed by atoms with Crippen molar-refractivity contribution in [1.29, 1.82) is 0 Å². The van der Waals surface area contributed by atoms with Gasteiger partial charge >= 0.3 is 10.3 Å². The molecule has 164 valence electrons. The van der Waals surface area contributed by atoms with E-state index < -0.39 is 15.7 Å². The first kappa shape index (κ1) is 22.9. The maximum absolute atomic E-state index is 12.7. The average Bonchev–Trinajstić information content (AvgIpc) is 3.18. The number of benzene rings is 2. The Morgan fingerprint density at radius 1 is 1.10 bits per heavy atom. The second-order valence-corrected chi connectivity index (χ2v) is 10.2. The molecule has 0 saturated carbocycles. The van der Waals surface area contributed by atoms with Gasteiger partial charge in [-0.2, -0.15) is 8.42 Å². The molecule has 1 amide bonds. The van der Waals surface area contributed by atoms with E-state index in [0.717, 1.165) is 21.8 Å². The summed E-state index contributed by atoms with van der Waals surface area (Å²) in [5.74, 6) is -0.0846. The summed E-state index contributed by atoms with van der Waals surface area (Å²) in [7, 11) is -4.33. The monoisotopic (exact) mass is 459 g/mol. The number of amides is 1. The number of carbonyl (C=O) groups excluding carboxylic acids is 1. The molecule has 0 aliphatic rings. The molecule has 1 atom stereocenters. The fourth-order valence-electron chi connectivity index (χ4n) is 2.86. The van der Waals surface area contributed by atoms with Gasteiger partial charge < -0.3 is 5.32 Å². The van der Waals surface area contributed by atoms with Crippen LogP contribution in [0.2, 0.25) is 0 Å². The minimum atomic E-state index is -4.33. The number of carbonyl (C=O) groups is 1. The van der Waals surface area contributed by atoms with Crippen LogP contribution in [-0.2, 0) is 21.5 Å². The Kier molecular flexibility index (Phi) is 6.78. The molecule has 3 rings (SSSR count). The molecule has 0 spiro atoms. The van der Waals surface area contributed by atoms with Gasteiger partial charge in [0.05, 0.1) is 17.4 Å². The van der Waals surface area contributed by atoms with Crippen molar-refractivity contribution in [3.8, 4) is 11.3 Å². The zero-order valence-corrected chi connectivity index (χ0v) is 19.1. The van der Waals surface area contributed by atoms with Crippen LogP contribution in [0.5, 0.6) is 0 Å². The standard InChI is InChI=1S/C22H25N3O4S2/c1-22(2,3)21(26)24-18(13-15-9-11-17(12-10-15)25-31(27,28)29)20-23-19(14-30-20)16-7-5-4-6-8-16/h4-12,14,18,25H,13H2,1-3H3,(H,24,26)(H,27,28,29). The third-order valence-corrected chi connectivity index (χ3v) is 5.97. The summed E-state index contributed by atoms with van der Waals surface area (Å²) >= 11 is 1.48. The first-order chi connectivity index (χ1) is 14.5. The summed E-state index contributed by atoms with van der Waals surface area (Å²) in [4.78, 5) is 17.4. The van der Waals surface area contributed by atoms with Gasteiger partial charge in [0, 0.05) is 16.4 Å². The number of rotatable bonds is 7. The van der Waals surface area contributed by atoms with Gasteiger partial charge in [0.2, 0.25) is 5.91 Å². The molecule has 2 aromatic carbocycles. The van der Waals surface area contributed by atoms with Crippen molar-refractivity contribution >= 4 is 33.2 Å². The van der Waals surface area contributed by atoms with Gasteiger partial charge in [-0.25, -0.2) is 4.98 Å². The van der Waals surface area contributed by atoms with Crippen LogP contribution in [0.3, 0.4) is 0 Å². The summed E-state index contributed by atoms with van der Waals surface area (Å²) in [6, 6.07) is 16.1. The van der Waals surface area contributed by atoms with E-state index in [1.165, 1.54) is 11.3 Å². The summed E-state index contributed by atoms with van der Waals surface area (Å²) < 4.78 is 32.9. The van der Waals surface area contributed by atoms with Crippen LogP contribution in [0, 0.1) is 5.41 Å². The summed E-state index contributed by atoms with van der Waals surface area (Å²) in [5.41, 5.74) is 2.44. The van der Waals surface area contributed by atoms with E-state index in [1.807, 2.05) is 61.2 Å². The molecule has 0 aliphatic heterocycles. The van der Waals surface area contributed by atoms with Gasteiger partial charge in [-0.05, 0) is 24.1 Å². The number of nitrogens with one attached hydrogen (secondary N) is 2. The van der Waals surface area contributed by atoms with Crippen molar-refractivity contribution in [2.24, 2.45) is 5.41 Å². The largest absolute Gasteiger partial charge is 0.357 e. The lowest BCUT2D eigenvalue weighted by atomic mass is 9.94. The van der Waals surface area contributed by atoms with Gasteiger partial charge in [0.25, 0.3) is 0 Å².